The number of anilines is 1. The first-order valence-corrected chi connectivity index (χ1v) is 8.03. The van der Waals surface area contributed by atoms with Crippen molar-refractivity contribution < 1.29 is 13.2 Å². The second-order valence-electron chi connectivity index (χ2n) is 4.46. The molecule has 19 heavy (non-hydrogen) atoms. The largest absolute Gasteiger partial charge is 0.303 e. The molecule has 1 aliphatic heterocycles. The van der Waals surface area contributed by atoms with Crippen LogP contribution in [0.25, 0.3) is 0 Å². The van der Waals surface area contributed by atoms with Crippen LogP contribution >= 0.6 is 11.6 Å². The highest BCUT2D eigenvalue weighted by molar-refractivity contribution is 7.94. The molecule has 1 aromatic carbocycles. The van der Waals surface area contributed by atoms with E-state index < -0.39 is 15.9 Å². The summed E-state index contributed by atoms with van der Waals surface area (Å²) >= 11 is 5.61. The maximum Gasteiger partial charge on any atom is 0.242 e. The predicted octanol–water partition coefficient (Wildman–Crippen LogP) is 1.88. The summed E-state index contributed by atoms with van der Waals surface area (Å²) < 4.78 is 23.0. The van der Waals surface area contributed by atoms with Crippen LogP contribution in [0, 0.1) is 6.92 Å². The highest BCUT2D eigenvalue weighted by Gasteiger charge is 2.30. The lowest BCUT2D eigenvalue weighted by molar-refractivity contribution is -0.116. The molecule has 1 heterocycles. The Morgan fingerprint density at radius 3 is 2.47 bits per heavy atom. The Balaban J connectivity index is 2.35. The lowest BCUT2D eigenvalue weighted by Gasteiger charge is -2.27. The molecule has 0 aliphatic carbocycles. The van der Waals surface area contributed by atoms with Crippen LogP contribution in [-0.4, -0.2) is 32.0 Å². The van der Waals surface area contributed by atoms with Gasteiger partial charge in [-0.25, -0.2) is 8.42 Å². The molecule has 0 aromatic heterocycles. The Kier molecular flexibility index (Phi) is 3.96. The normalized spacial score (nSPS) is 20.4. The van der Waals surface area contributed by atoms with Gasteiger partial charge in [-0.2, -0.15) is 0 Å². The molecule has 1 amide bonds. The summed E-state index contributed by atoms with van der Waals surface area (Å²) in [5.74, 6) is -0.584. The van der Waals surface area contributed by atoms with Crippen molar-refractivity contribution in [3.63, 3.8) is 0 Å². The average molecular weight is 300 g/mol. The van der Waals surface area contributed by atoms with Crippen LogP contribution in [0.15, 0.2) is 35.7 Å². The smallest absolute Gasteiger partial charge is 0.242 e. The Hall–Kier alpha value is -1.33. The van der Waals surface area contributed by atoms with Crippen LogP contribution in [0.3, 0.4) is 0 Å². The zero-order chi connectivity index (χ0) is 14.0. The molecule has 4 nitrogen and oxygen atoms in total. The summed E-state index contributed by atoms with van der Waals surface area (Å²) in [4.78, 5) is 13.4. The topological polar surface area (TPSA) is 54.5 Å². The van der Waals surface area contributed by atoms with Crippen molar-refractivity contribution in [2.45, 2.75) is 13.0 Å². The fraction of sp³-hybridized carbons (Fsp3) is 0.308. The lowest BCUT2D eigenvalue weighted by Crippen LogP contribution is -2.41. The quantitative estimate of drug-likeness (QED) is 0.801. The number of nitrogens with zero attached hydrogens (tertiary/aromatic N) is 1. The fourth-order valence-electron chi connectivity index (χ4n) is 2.01. The molecule has 0 saturated carbocycles. The maximum absolute atomic E-state index is 12.0. The number of carbonyl (C=O) groups is 1. The van der Waals surface area contributed by atoms with Gasteiger partial charge in [0.05, 0.1) is 11.8 Å². The molecular formula is C13H14ClNO3S. The Labute approximate surface area is 117 Å². The zero-order valence-electron chi connectivity index (χ0n) is 10.4. The van der Waals surface area contributed by atoms with Crippen molar-refractivity contribution in [1.29, 1.82) is 0 Å². The van der Waals surface area contributed by atoms with Crippen molar-refractivity contribution in [1.82, 2.24) is 0 Å². The van der Waals surface area contributed by atoms with Crippen molar-refractivity contribution in [2.24, 2.45) is 0 Å². The zero-order valence-corrected chi connectivity index (χ0v) is 12.0. The van der Waals surface area contributed by atoms with Gasteiger partial charge in [0.15, 0.2) is 9.84 Å². The highest BCUT2D eigenvalue weighted by Crippen LogP contribution is 2.23. The SMILES string of the molecule is Cc1ccc(N(C(=O)CCl)[C@H]2C=CS(=O)(=O)C2)cc1. The summed E-state index contributed by atoms with van der Waals surface area (Å²) in [6.07, 6.45) is 1.53. The molecule has 1 aromatic rings. The molecule has 0 bridgehead atoms. The van der Waals surface area contributed by atoms with Crippen molar-refractivity contribution in [3.05, 3.63) is 41.3 Å². The van der Waals surface area contributed by atoms with E-state index in [1.165, 1.54) is 11.0 Å². The van der Waals surface area contributed by atoms with Gasteiger partial charge in [0.1, 0.15) is 5.88 Å². The molecule has 0 N–H and O–H groups in total. The molecule has 0 spiro atoms. The van der Waals surface area contributed by atoms with Gasteiger partial charge in [-0.1, -0.05) is 17.7 Å². The summed E-state index contributed by atoms with van der Waals surface area (Å²) in [5.41, 5.74) is 1.72. The van der Waals surface area contributed by atoms with Crippen molar-refractivity contribution >= 4 is 33.0 Å². The lowest BCUT2D eigenvalue weighted by atomic mass is 10.2. The summed E-state index contributed by atoms with van der Waals surface area (Å²) in [6.45, 7) is 1.94. The van der Waals surface area contributed by atoms with Gasteiger partial charge < -0.3 is 4.90 Å². The van der Waals surface area contributed by atoms with Crippen molar-refractivity contribution in [3.8, 4) is 0 Å². The Bertz CT molecular complexity index is 607. The van der Waals surface area contributed by atoms with Gasteiger partial charge in [0.25, 0.3) is 0 Å². The van der Waals surface area contributed by atoms with Gasteiger partial charge in [-0.15, -0.1) is 11.6 Å². The number of carbonyl (C=O) groups excluding carboxylic acids is 1. The van der Waals surface area contributed by atoms with Crippen LogP contribution < -0.4 is 4.90 Å². The number of amides is 1. The first-order valence-electron chi connectivity index (χ1n) is 5.78. The highest BCUT2D eigenvalue weighted by atomic mass is 35.5. The van der Waals surface area contributed by atoms with Crippen LogP contribution in [0.4, 0.5) is 5.69 Å². The number of benzene rings is 1. The third-order valence-electron chi connectivity index (χ3n) is 2.94. The third kappa shape index (κ3) is 3.16. The van der Waals surface area contributed by atoms with Gasteiger partial charge in [-0.3, -0.25) is 4.79 Å². The van der Waals surface area contributed by atoms with Crippen LogP contribution in [-0.2, 0) is 14.6 Å². The van der Waals surface area contributed by atoms with E-state index in [0.29, 0.717) is 5.69 Å². The molecule has 0 saturated heterocycles. The van der Waals surface area contributed by atoms with E-state index >= 15 is 0 Å². The standard InChI is InChI=1S/C13H14ClNO3S/c1-10-2-4-11(5-3-10)15(13(16)8-14)12-6-7-19(17,18)9-12/h2-7,12H,8-9H2,1H3/t12-/m0/s1. The Morgan fingerprint density at radius 2 is 2.00 bits per heavy atom. The van der Waals surface area contributed by atoms with Gasteiger partial charge in [-0.05, 0) is 25.1 Å². The summed E-state index contributed by atoms with van der Waals surface area (Å²) in [6, 6.07) is 6.84. The number of halogens is 1. The number of alkyl halides is 1. The van der Waals surface area contributed by atoms with Crippen LogP contribution in [0.5, 0.6) is 0 Å². The van der Waals surface area contributed by atoms with Crippen molar-refractivity contribution in [2.75, 3.05) is 16.5 Å². The van der Waals surface area contributed by atoms with Gasteiger partial charge in [0, 0.05) is 11.1 Å². The summed E-state index contributed by atoms with van der Waals surface area (Å²) in [5, 5.41) is 1.15. The van der Waals surface area contributed by atoms with Crippen LogP contribution in [0.1, 0.15) is 5.56 Å². The second-order valence-corrected chi connectivity index (χ2v) is 6.66. The molecule has 6 heteroatoms. The van der Waals surface area contributed by atoms with E-state index in [9.17, 15) is 13.2 Å². The number of sulfone groups is 1. The number of hydrogen-bond acceptors (Lipinski definition) is 3. The van der Waals surface area contributed by atoms with Crippen LogP contribution in [0.2, 0.25) is 0 Å². The van der Waals surface area contributed by atoms with Gasteiger partial charge >= 0.3 is 0 Å². The van der Waals surface area contributed by atoms with E-state index in [-0.39, 0.29) is 17.5 Å². The van der Waals surface area contributed by atoms with E-state index in [1.54, 1.807) is 12.1 Å². The van der Waals surface area contributed by atoms with E-state index in [1.807, 2.05) is 19.1 Å². The molecule has 102 valence electrons. The molecular weight excluding hydrogens is 286 g/mol. The number of aryl methyl sites for hydroxylation is 1. The number of rotatable bonds is 3. The molecule has 0 fully saturated rings. The minimum atomic E-state index is -3.22. The minimum Gasteiger partial charge on any atom is -0.303 e. The minimum absolute atomic E-state index is 0.0937. The van der Waals surface area contributed by atoms with E-state index in [2.05, 4.69) is 0 Å². The third-order valence-corrected chi connectivity index (χ3v) is 4.54. The molecule has 2 rings (SSSR count). The monoisotopic (exact) mass is 299 g/mol. The first-order chi connectivity index (χ1) is 8.93. The Morgan fingerprint density at radius 1 is 1.37 bits per heavy atom. The number of hydrogen-bond donors (Lipinski definition) is 0. The summed E-state index contributed by atoms with van der Waals surface area (Å²) in [7, 11) is -3.22. The average Bonchev–Trinajstić information content (AvgIpc) is 2.72. The predicted molar refractivity (Wildman–Crippen MR) is 76.1 cm³/mol. The second kappa shape index (κ2) is 5.35. The van der Waals surface area contributed by atoms with E-state index in [0.717, 1.165) is 11.0 Å². The molecule has 1 atom stereocenters. The molecule has 0 unspecified atom stereocenters. The van der Waals surface area contributed by atoms with E-state index in [4.69, 9.17) is 11.6 Å². The first kappa shape index (κ1) is 14.1. The fourth-order valence-corrected chi connectivity index (χ4v) is 3.41. The molecule has 1 aliphatic rings. The maximum atomic E-state index is 12.0. The molecule has 0 radical (unpaired) electrons. The van der Waals surface area contributed by atoms with Gasteiger partial charge in [0.2, 0.25) is 5.91 Å².